The van der Waals surface area contributed by atoms with Gasteiger partial charge < -0.3 is 9.05 Å². The summed E-state index contributed by atoms with van der Waals surface area (Å²) in [4.78, 5) is 0. The molecule has 1 atom stereocenters. The lowest BCUT2D eigenvalue weighted by molar-refractivity contribution is 0.194. The Morgan fingerprint density at radius 2 is 2.40 bits per heavy atom. The highest BCUT2D eigenvalue weighted by atomic mass is 31.2. The fourth-order valence-electron chi connectivity index (χ4n) is 0.974. The summed E-state index contributed by atoms with van der Waals surface area (Å²) < 4.78 is 21.4. The second kappa shape index (κ2) is 3.51. The maximum atomic E-state index is 11.4. The molecule has 0 N–H and O–H groups in total. The molecule has 60 valence electrons. The van der Waals surface area contributed by atoms with Crippen molar-refractivity contribution < 1.29 is 13.6 Å². The molecule has 10 heavy (non-hydrogen) atoms. The van der Waals surface area contributed by atoms with Crippen LogP contribution in [0.15, 0.2) is 0 Å². The Bertz CT molecular complexity index is 128. The van der Waals surface area contributed by atoms with Gasteiger partial charge in [-0.15, -0.1) is 0 Å². The van der Waals surface area contributed by atoms with E-state index >= 15 is 0 Å². The van der Waals surface area contributed by atoms with Crippen LogP contribution in [-0.2, 0) is 13.6 Å². The van der Waals surface area contributed by atoms with Crippen LogP contribution < -0.4 is 0 Å². The maximum Gasteiger partial charge on any atom is 0.330 e. The van der Waals surface area contributed by atoms with E-state index in [1.807, 2.05) is 6.92 Å². The SMILES string of the molecule is CCOP1(=O)CCCCO1. The average molecular weight is 164 g/mol. The molecule has 0 spiro atoms. The van der Waals surface area contributed by atoms with Crippen LogP contribution in [0.3, 0.4) is 0 Å². The Kier molecular flexibility index (Phi) is 2.90. The Balaban J connectivity index is 2.41. The molecule has 0 saturated carbocycles. The van der Waals surface area contributed by atoms with Gasteiger partial charge in [-0.05, 0) is 19.8 Å². The standard InChI is InChI=1S/C6H13O3P/c1-2-8-10(7)6-4-3-5-9-10/h2-6H2,1H3. The number of hydrogen-bond acceptors (Lipinski definition) is 3. The van der Waals surface area contributed by atoms with Crippen molar-refractivity contribution in [1.29, 1.82) is 0 Å². The van der Waals surface area contributed by atoms with E-state index in [-0.39, 0.29) is 0 Å². The fourth-order valence-corrected chi connectivity index (χ4v) is 2.72. The predicted molar refractivity (Wildman–Crippen MR) is 39.3 cm³/mol. The van der Waals surface area contributed by atoms with Crippen molar-refractivity contribution in [2.24, 2.45) is 0 Å². The van der Waals surface area contributed by atoms with Gasteiger partial charge in [0.2, 0.25) is 0 Å². The van der Waals surface area contributed by atoms with Gasteiger partial charge in [-0.2, -0.15) is 0 Å². The minimum atomic E-state index is -2.61. The average Bonchev–Trinajstić information content (AvgIpc) is 1.89. The largest absolute Gasteiger partial charge is 0.330 e. The molecule has 1 heterocycles. The summed E-state index contributed by atoms with van der Waals surface area (Å²) in [7, 11) is -2.61. The van der Waals surface area contributed by atoms with E-state index in [1.165, 1.54) is 0 Å². The van der Waals surface area contributed by atoms with Gasteiger partial charge in [0.1, 0.15) is 0 Å². The first-order valence-electron chi connectivity index (χ1n) is 3.65. The molecule has 0 radical (unpaired) electrons. The van der Waals surface area contributed by atoms with Crippen LogP contribution in [0.2, 0.25) is 0 Å². The molecule has 4 heteroatoms. The van der Waals surface area contributed by atoms with Crippen molar-refractivity contribution in [1.82, 2.24) is 0 Å². The van der Waals surface area contributed by atoms with Gasteiger partial charge in [0, 0.05) is 0 Å². The Labute approximate surface area is 61.2 Å². The highest BCUT2D eigenvalue weighted by molar-refractivity contribution is 7.53. The van der Waals surface area contributed by atoms with Crippen LogP contribution in [0.4, 0.5) is 0 Å². The van der Waals surface area contributed by atoms with Gasteiger partial charge in [-0.25, -0.2) is 0 Å². The van der Waals surface area contributed by atoms with Crippen LogP contribution in [0.5, 0.6) is 0 Å². The molecular weight excluding hydrogens is 151 g/mol. The van der Waals surface area contributed by atoms with Crippen molar-refractivity contribution in [2.45, 2.75) is 19.8 Å². The minimum Gasteiger partial charge on any atom is -0.309 e. The van der Waals surface area contributed by atoms with E-state index in [0.717, 1.165) is 12.8 Å². The quantitative estimate of drug-likeness (QED) is 0.586. The van der Waals surface area contributed by atoms with E-state index in [9.17, 15) is 4.57 Å². The summed E-state index contributed by atoms with van der Waals surface area (Å²) in [5.74, 6) is 0. The summed E-state index contributed by atoms with van der Waals surface area (Å²) in [6.45, 7) is 2.91. The van der Waals surface area contributed by atoms with Crippen molar-refractivity contribution in [3.8, 4) is 0 Å². The predicted octanol–water partition coefficient (Wildman–Crippen LogP) is 2.03. The van der Waals surface area contributed by atoms with Crippen molar-refractivity contribution in [3.63, 3.8) is 0 Å². The summed E-state index contributed by atoms with van der Waals surface area (Å²) in [5, 5.41) is 0. The second-order valence-corrected chi connectivity index (χ2v) is 4.48. The third-order valence-electron chi connectivity index (χ3n) is 1.44. The highest BCUT2D eigenvalue weighted by Crippen LogP contribution is 2.51. The van der Waals surface area contributed by atoms with E-state index < -0.39 is 7.60 Å². The van der Waals surface area contributed by atoms with Crippen molar-refractivity contribution in [2.75, 3.05) is 19.4 Å². The lowest BCUT2D eigenvalue weighted by atomic mass is 10.4. The third-order valence-corrected chi connectivity index (χ3v) is 3.53. The summed E-state index contributed by atoms with van der Waals surface area (Å²) >= 11 is 0. The Hall–Kier alpha value is 0.150. The maximum absolute atomic E-state index is 11.4. The molecule has 0 aliphatic carbocycles. The van der Waals surface area contributed by atoms with Crippen LogP contribution in [-0.4, -0.2) is 19.4 Å². The topological polar surface area (TPSA) is 35.5 Å². The minimum absolute atomic E-state index is 0.483. The third kappa shape index (κ3) is 2.08. The van der Waals surface area contributed by atoms with E-state index in [4.69, 9.17) is 9.05 Å². The smallest absolute Gasteiger partial charge is 0.309 e. The van der Waals surface area contributed by atoms with Gasteiger partial charge in [-0.3, -0.25) is 4.57 Å². The molecule has 0 aromatic carbocycles. The molecule has 1 unspecified atom stereocenters. The molecule has 0 aromatic heterocycles. The Morgan fingerprint density at radius 1 is 1.60 bits per heavy atom. The van der Waals surface area contributed by atoms with Crippen LogP contribution in [0.1, 0.15) is 19.8 Å². The lowest BCUT2D eigenvalue weighted by Crippen LogP contribution is -2.07. The fraction of sp³-hybridized carbons (Fsp3) is 1.00. The van der Waals surface area contributed by atoms with E-state index in [2.05, 4.69) is 0 Å². The summed E-state index contributed by atoms with van der Waals surface area (Å²) in [6, 6.07) is 0. The Morgan fingerprint density at radius 3 is 2.90 bits per heavy atom. The lowest BCUT2D eigenvalue weighted by Gasteiger charge is -2.21. The zero-order valence-corrected chi connectivity index (χ0v) is 7.10. The molecule has 1 saturated heterocycles. The van der Waals surface area contributed by atoms with Gasteiger partial charge in [0.25, 0.3) is 0 Å². The number of hydrogen-bond donors (Lipinski definition) is 0. The first-order chi connectivity index (χ1) is 4.77. The first-order valence-corrected chi connectivity index (χ1v) is 5.38. The van der Waals surface area contributed by atoms with Crippen LogP contribution in [0, 0.1) is 0 Å². The molecule has 1 aliphatic rings. The molecule has 3 nitrogen and oxygen atoms in total. The van der Waals surface area contributed by atoms with Gasteiger partial charge in [0.15, 0.2) is 0 Å². The monoisotopic (exact) mass is 164 g/mol. The summed E-state index contributed by atoms with van der Waals surface area (Å²) in [5.41, 5.74) is 0. The summed E-state index contributed by atoms with van der Waals surface area (Å²) in [6.07, 6.45) is 2.58. The van der Waals surface area contributed by atoms with Gasteiger partial charge >= 0.3 is 7.60 Å². The van der Waals surface area contributed by atoms with E-state index in [0.29, 0.717) is 19.4 Å². The molecule has 0 aromatic rings. The van der Waals surface area contributed by atoms with Crippen molar-refractivity contribution in [3.05, 3.63) is 0 Å². The molecular formula is C6H13O3P. The van der Waals surface area contributed by atoms with E-state index in [1.54, 1.807) is 0 Å². The molecule has 1 aliphatic heterocycles. The van der Waals surface area contributed by atoms with Crippen LogP contribution in [0.25, 0.3) is 0 Å². The number of rotatable bonds is 2. The molecule has 1 fully saturated rings. The molecule has 1 rings (SSSR count). The van der Waals surface area contributed by atoms with Gasteiger partial charge in [-0.1, -0.05) is 0 Å². The van der Waals surface area contributed by atoms with Gasteiger partial charge in [0.05, 0.1) is 19.4 Å². The first kappa shape index (κ1) is 8.25. The molecule has 0 bridgehead atoms. The van der Waals surface area contributed by atoms with Crippen LogP contribution >= 0.6 is 7.60 Å². The zero-order valence-electron chi connectivity index (χ0n) is 6.21. The second-order valence-electron chi connectivity index (χ2n) is 2.29. The normalized spacial score (nSPS) is 34.1. The molecule has 0 amide bonds. The zero-order chi connectivity index (χ0) is 7.45. The van der Waals surface area contributed by atoms with Crippen molar-refractivity contribution >= 4 is 7.60 Å². The highest BCUT2D eigenvalue weighted by Gasteiger charge is 2.26.